The summed E-state index contributed by atoms with van der Waals surface area (Å²) < 4.78 is 31.6. The van der Waals surface area contributed by atoms with Gasteiger partial charge in [0.1, 0.15) is 11.6 Å². The SMILES string of the molecule is COc1ccnc(N2CCN(Cc3cc(F)cc(F)c3)CC2)n1. The molecule has 1 fully saturated rings. The van der Waals surface area contributed by atoms with E-state index in [-0.39, 0.29) is 0 Å². The second-order valence-electron chi connectivity index (χ2n) is 5.44. The van der Waals surface area contributed by atoms with Crippen LogP contribution in [-0.4, -0.2) is 48.2 Å². The van der Waals surface area contributed by atoms with Crippen LogP contribution in [0, 0.1) is 11.6 Å². The molecule has 0 spiro atoms. The molecule has 0 amide bonds. The Kier molecular flexibility index (Phi) is 4.66. The van der Waals surface area contributed by atoms with Gasteiger partial charge in [-0.3, -0.25) is 4.90 Å². The number of hydrogen-bond acceptors (Lipinski definition) is 5. The maximum absolute atomic E-state index is 13.2. The summed E-state index contributed by atoms with van der Waals surface area (Å²) in [7, 11) is 1.57. The van der Waals surface area contributed by atoms with E-state index in [0.29, 0.717) is 23.9 Å². The van der Waals surface area contributed by atoms with E-state index in [4.69, 9.17) is 4.74 Å². The zero-order valence-electron chi connectivity index (χ0n) is 12.9. The van der Waals surface area contributed by atoms with Crippen LogP contribution in [0.25, 0.3) is 0 Å². The molecule has 122 valence electrons. The predicted molar refractivity (Wildman–Crippen MR) is 82.4 cm³/mol. The minimum Gasteiger partial charge on any atom is -0.481 e. The van der Waals surface area contributed by atoms with Crippen molar-refractivity contribution in [1.29, 1.82) is 0 Å². The van der Waals surface area contributed by atoms with Gasteiger partial charge in [0.2, 0.25) is 11.8 Å². The number of aromatic nitrogens is 2. The Morgan fingerprint density at radius 2 is 1.78 bits per heavy atom. The van der Waals surface area contributed by atoms with Gasteiger partial charge >= 0.3 is 0 Å². The highest BCUT2D eigenvalue weighted by molar-refractivity contribution is 5.32. The number of nitrogens with zero attached hydrogens (tertiary/aromatic N) is 4. The van der Waals surface area contributed by atoms with Gasteiger partial charge in [-0.25, -0.2) is 13.8 Å². The maximum Gasteiger partial charge on any atom is 0.228 e. The van der Waals surface area contributed by atoms with Crippen LogP contribution in [0.1, 0.15) is 5.56 Å². The molecule has 0 atom stereocenters. The summed E-state index contributed by atoms with van der Waals surface area (Å²) in [5.41, 5.74) is 0.647. The van der Waals surface area contributed by atoms with Gasteiger partial charge in [0.15, 0.2) is 0 Å². The first-order chi connectivity index (χ1) is 11.1. The number of anilines is 1. The Morgan fingerprint density at radius 1 is 1.09 bits per heavy atom. The highest BCUT2D eigenvalue weighted by Gasteiger charge is 2.19. The van der Waals surface area contributed by atoms with Gasteiger partial charge < -0.3 is 9.64 Å². The Balaban J connectivity index is 1.59. The van der Waals surface area contributed by atoms with Crippen molar-refractivity contribution in [2.75, 3.05) is 38.2 Å². The lowest BCUT2D eigenvalue weighted by Gasteiger charge is -2.34. The quantitative estimate of drug-likeness (QED) is 0.863. The van der Waals surface area contributed by atoms with Gasteiger partial charge in [0.25, 0.3) is 0 Å². The summed E-state index contributed by atoms with van der Waals surface area (Å²) >= 11 is 0. The fourth-order valence-electron chi connectivity index (χ4n) is 2.66. The number of halogens is 2. The molecular weight excluding hydrogens is 302 g/mol. The van der Waals surface area contributed by atoms with Crippen LogP contribution in [0.5, 0.6) is 5.88 Å². The Morgan fingerprint density at radius 3 is 2.43 bits per heavy atom. The van der Waals surface area contributed by atoms with Crippen molar-refractivity contribution in [3.8, 4) is 5.88 Å². The number of ether oxygens (including phenoxy) is 1. The molecule has 1 saturated heterocycles. The van der Waals surface area contributed by atoms with Gasteiger partial charge in [-0.1, -0.05) is 0 Å². The molecule has 0 radical (unpaired) electrons. The average Bonchev–Trinajstić information content (AvgIpc) is 2.55. The summed E-state index contributed by atoms with van der Waals surface area (Å²) in [6.07, 6.45) is 1.67. The Bertz CT molecular complexity index is 655. The van der Waals surface area contributed by atoms with Crippen molar-refractivity contribution in [3.05, 3.63) is 47.7 Å². The summed E-state index contributed by atoms with van der Waals surface area (Å²) in [5, 5.41) is 0. The molecule has 1 aliphatic rings. The number of hydrogen-bond donors (Lipinski definition) is 0. The second-order valence-corrected chi connectivity index (χ2v) is 5.44. The molecule has 7 heteroatoms. The van der Waals surface area contributed by atoms with E-state index in [1.165, 1.54) is 12.1 Å². The van der Waals surface area contributed by atoms with Gasteiger partial charge in [0, 0.05) is 51.1 Å². The normalized spacial score (nSPS) is 15.7. The predicted octanol–water partition coefficient (Wildman–Crippen LogP) is 2.09. The van der Waals surface area contributed by atoms with Gasteiger partial charge in [-0.2, -0.15) is 4.98 Å². The van der Waals surface area contributed by atoms with Crippen LogP contribution in [0.3, 0.4) is 0 Å². The van der Waals surface area contributed by atoms with Gasteiger partial charge in [-0.15, -0.1) is 0 Å². The first-order valence-electron chi connectivity index (χ1n) is 7.43. The van der Waals surface area contributed by atoms with Crippen LogP contribution < -0.4 is 9.64 Å². The average molecular weight is 320 g/mol. The standard InChI is InChI=1S/C16H18F2N4O/c1-23-15-2-3-19-16(20-15)22-6-4-21(5-7-22)11-12-8-13(17)10-14(18)9-12/h2-3,8-10H,4-7,11H2,1H3. The molecule has 0 unspecified atom stereocenters. The van der Waals surface area contributed by atoms with Crippen molar-refractivity contribution in [3.63, 3.8) is 0 Å². The molecule has 5 nitrogen and oxygen atoms in total. The van der Waals surface area contributed by atoms with E-state index in [9.17, 15) is 8.78 Å². The third-order valence-electron chi connectivity index (χ3n) is 3.81. The van der Waals surface area contributed by atoms with Crippen LogP contribution in [0.4, 0.5) is 14.7 Å². The van der Waals surface area contributed by atoms with E-state index in [1.807, 2.05) is 0 Å². The highest BCUT2D eigenvalue weighted by Crippen LogP contribution is 2.16. The number of benzene rings is 1. The summed E-state index contributed by atoms with van der Waals surface area (Å²) in [6.45, 7) is 3.59. The molecule has 1 aromatic carbocycles. The fourth-order valence-corrected chi connectivity index (χ4v) is 2.66. The topological polar surface area (TPSA) is 41.5 Å². The highest BCUT2D eigenvalue weighted by atomic mass is 19.1. The van der Waals surface area contributed by atoms with E-state index in [1.54, 1.807) is 19.4 Å². The molecule has 1 aliphatic heterocycles. The third kappa shape index (κ3) is 3.92. The first kappa shape index (κ1) is 15.6. The molecule has 23 heavy (non-hydrogen) atoms. The zero-order chi connectivity index (χ0) is 16.2. The number of rotatable bonds is 4. The maximum atomic E-state index is 13.2. The largest absolute Gasteiger partial charge is 0.481 e. The van der Waals surface area contributed by atoms with Crippen molar-refractivity contribution in [2.24, 2.45) is 0 Å². The lowest BCUT2D eigenvalue weighted by Crippen LogP contribution is -2.46. The second kappa shape index (κ2) is 6.87. The minimum atomic E-state index is -0.539. The zero-order valence-corrected chi connectivity index (χ0v) is 12.9. The summed E-state index contributed by atoms with van der Waals surface area (Å²) in [5.74, 6) is 0.0975. The van der Waals surface area contributed by atoms with E-state index in [2.05, 4.69) is 19.8 Å². The summed E-state index contributed by atoms with van der Waals surface area (Å²) in [6, 6.07) is 5.35. The molecule has 3 rings (SSSR count). The number of piperazine rings is 1. The molecule has 0 aliphatic carbocycles. The monoisotopic (exact) mass is 320 g/mol. The lowest BCUT2D eigenvalue weighted by atomic mass is 10.2. The molecule has 2 aromatic rings. The molecule has 1 aromatic heterocycles. The van der Waals surface area contributed by atoms with Crippen molar-refractivity contribution < 1.29 is 13.5 Å². The van der Waals surface area contributed by atoms with Crippen LogP contribution >= 0.6 is 0 Å². The molecule has 0 N–H and O–H groups in total. The third-order valence-corrected chi connectivity index (χ3v) is 3.81. The first-order valence-corrected chi connectivity index (χ1v) is 7.43. The van der Waals surface area contributed by atoms with Crippen LogP contribution in [-0.2, 0) is 6.54 Å². The van der Waals surface area contributed by atoms with Gasteiger partial charge in [0.05, 0.1) is 7.11 Å². The number of methoxy groups -OCH3 is 1. The lowest BCUT2D eigenvalue weighted by molar-refractivity contribution is 0.248. The smallest absolute Gasteiger partial charge is 0.228 e. The minimum absolute atomic E-state index is 0.529. The van der Waals surface area contributed by atoms with Gasteiger partial charge in [-0.05, 0) is 17.7 Å². The van der Waals surface area contributed by atoms with E-state index in [0.717, 1.165) is 32.2 Å². The molecule has 2 heterocycles. The van der Waals surface area contributed by atoms with Crippen molar-refractivity contribution >= 4 is 5.95 Å². The Labute approximate surface area is 133 Å². The molecular formula is C16H18F2N4O. The van der Waals surface area contributed by atoms with E-state index < -0.39 is 11.6 Å². The van der Waals surface area contributed by atoms with Crippen LogP contribution in [0.2, 0.25) is 0 Å². The van der Waals surface area contributed by atoms with Crippen LogP contribution in [0.15, 0.2) is 30.5 Å². The summed E-state index contributed by atoms with van der Waals surface area (Å²) in [4.78, 5) is 12.8. The molecule has 0 bridgehead atoms. The van der Waals surface area contributed by atoms with Crippen molar-refractivity contribution in [1.82, 2.24) is 14.9 Å². The fraction of sp³-hybridized carbons (Fsp3) is 0.375. The van der Waals surface area contributed by atoms with Crippen molar-refractivity contribution in [2.45, 2.75) is 6.54 Å². The Hall–Kier alpha value is -2.28. The van der Waals surface area contributed by atoms with E-state index >= 15 is 0 Å². The molecule has 0 saturated carbocycles.